The molecule has 0 bridgehead atoms. The van der Waals surface area contributed by atoms with Gasteiger partial charge in [0.15, 0.2) is 0 Å². The Balaban J connectivity index is 1.80. The summed E-state index contributed by atoms with van der Waals surface area (Å²) >= 11 is 0. The lowest BCUT2D eigenvalue weighted by Gasteiger charge is -2.25. The van der Waals surface area contributed by atoms with E-state index < -0.39 is 0 Å². The minimum Gasteiger partial charge on any atom is -0.397 e. The van der Waals surface area contributed by atoms with E-state index >= 15 is 0 Å². The van der Waals surface area contributed by atoms with Gasteiger partial charge in [0.05, 0.1) is 6.10 Å². The molecule has 2 rings (SSSR count). The normalized spacial score (nSPS) is 24.5. The molecule has 17 heavy (non-hydrogen) atoms. The van der Waals surface area contributed by atoms with E-state index in [2.05, 4.69) is 10.3 Å². The Hall–Kier alpha value is -1.49. The van der Waals surface area contributed by atoms with Crippen LogP contribution in [0, 0.1) is 5.92 Å². The zero-order chi connectivity index (χ0) is 12.3. The second kappa shape index (κ2) is 5.23. The Kier molecular flexibility index (Phi) is 3.68. The fourth-order valence-electron chi connectivity index (χ4n) is 2.32. The molecule has 5 nitrogen and oxygen atoms in total. The zero-order valence-corrected chi connectivity index (χ0v) is 9.78. The highest BCUT2D eigenvalue weighted by Gasteiger charge is 2.20. The van der Waals surface area contributed by atoms with E-state index in [0.717, 1.165) is 25.7 Å². The number of hydrogen-bond donors (Lipinski definition) is 4. The largest absolute Gasteiger partial charge is 0.397 e. The molecular weight excluding hydrogens is 218 g/mol. The average molecular weight is 237 g/mol. The van der Waals surface area contributed by atoms with Crippen LogP contribution in [-0.2, 0) is 0 Å². The van der Waals surface area contributed by atoms with E-state index in [1.165, 1.54) is 0 Å². The number of nitrogens with two attached hydrogens (primary N) is 1. The first kappa shape index (κ1) is 12.0. The zero-order valence-electron chi connectivity index (χ0n) is 9.78. The van der Waals surface area contributed by atoms with Crippen molar-refractivity contribution < 1.29 is 9.90 Å². The van der Waals surface area contributed by atoms with Gasteiger partial charge in [0.1, 0.15) is 5.69 Å². The van der Waals surface area contributed by atoms with Gasteiger partial charge in [-0.05, 0) is 31.2 Å². The van der Waals surface area contributed by atoms with Gasteiger partial charge in [0.2, 0.25) is 0 Å². The van der Waals surface area contributed by atoms with Gasteiger partial charge in [-0.2, -0.15) is 0 Å². The molecule has 0 saturated heterocycles. The first-order valence-electron chi connectivity index (χ1n) is 6.05. The number of amides is 1. The second-order valence-electron chi connectivity index (χ2n) is 4.74. The molecule has 5 heteroatoms. The molecule has 5 N–H and O–H groups in total. The number of aromatic nitrogens is 1. The van der Waals surface area contributed by atoms with Crippen molar-refractivity contribution in [2.75, 3.05) is 12.3 Å². The number of carbonyl (C=O) groups is 1. The van der Waals surface area contributed by atoms with E-state index in [4.69, 9.17) is 5.73 Å². The number of hydrogen-bond acceptors (Lipinski definition) is 3. The van der Waals surface area contributed by atoms with Gasteiger partial charge in [-0.1, -0.05) is 6.42 Å². The topological polar surface area (TPSA) is 91.1 Å². The Morgan fingerprint density at radius 1 is 1.59 bits per heavy atom. The maximum absolute atomic E-state index is 11.7. The lowest BCUT2D eigenvalue weighted by Crippen LogP contribution is -2.33. The highest BCUT2D eigenvalue weighted by Crippen LogP contribution is 2.23. The monoisotopic (exact) mass is 237 g/mol. The summed E-state index contributed by atoms with van der Waals surface area (Å²) < 4.78 is 0. The van der Waals surface area contributed by atoms with Crippen molar-refractivity contribution >= 4 is 11.6 Å². The van der Waals surface area contributed by atoms with Gasteiger partial charge in [-0.25, -0.2) is 0 Å². The van der Waals surface area contributed by atoms with Crippen LogP contribution in [0.25, 0.3) is 0 Å². The number of anilines is 1. The summed E-state index contributed by atoms with van der Waals surface area (Å²) in [6.07, 6.45) is 5.18. The lowest BCUT2D eigenvalue weighted by atomic mass is 9.87. The standard InChI is InChI=1S/C12H19N3O2/c13-9-5-11(14-7-9)12(17)15-6-8-2-1-3-10(16)4-8/h5,7-8,10,14,16H,1-4,6,13H2,(H,15,17). The quantitative estimate of drug-likeness (QED) is 0.629. The van der Waals surface area contributed by atoms with Gasteiger partial charge < -0.3 is 21.1 Å². The molecule has 0 radical (unpaired) electrons. The maximum Gasteiger partial charge on any atom is 0.267 e. The highest BCUT2D eigenvalue weighted by atomic mass is 16.3. The molecule has 1 fully saturated rings. The number of rotatable bonds is 3. The van der Waals surface area contributed by atoms with E-state index in [-0.39, 0.29) is 12.0 Å². The van der Waals surface area contributed by atoms with Crippen LogP contribution in [-0.4, -0.2) is 28.6 Å². The van der Waals surface area contributed by atoms with Crippen LogP contribution < -0.4 is 11.1 Å². The van der Waals surface area contributed by atoms with Crippen molar-refractivity contribution in [2.45, 2.75) is 31.8 Å². The molecule has 1 heterocycles. The molecule has 1 aliphatic carbocycles. The van der Waals surface area contributed by atoms with Gasteiger partial charge >= 0.3 is 0 Å². The molecule has 94 valence electrons. The molecule has 1 saturated carbocycles. The smallest absolute Gasteiger partial charge is 0.267 e. The molecule has 1 amide bonds. The number of nitrogens with one attached hydrogen (secondary N) is 2. The fraction of sp³-hybridized carbons (Fsp3) is 0.583. The van der Waals surface area contributed by atoms with Crippen molar-refractivity contribution in [3.05, 3.63) is 18.0 Å². The summed E-state index contributed by atoms with van der Waals surface area (Å²) in [4.78, 5) is 14.5. The number of H-pyrrole nitrogens is 1. The summed E-state index contributed by atoms with van der Waals surface area (Å²) in [6.45, 7) is 0.620. The Morgan fingerprint density at radius 2 is 2.41 bits per heavy atom. The maximum atomic E-state index is 11.7. The summed E-state index contributed by atoms with van der Waals surface area (Å²) in [5, 5.41) is 12.4. The van der Waals surface area contributed by atoms with Crippen LogP contribution in [0.2, 0.25) is 0 Å². The van der Waals surface area contributed by atoms with Gasteiger partial charge in [-0.15, -0.1) is 0 Å². The number of nitrogen functional groups attached to an aromatic ring is 1. The number of aromatic amines is 1. The summed E-state index contributed by atoms with van der Waals surface area (Å²) in [5.41, 5.74) is 6.57. The van der Waals surface area contributed by atoms with E-state index in [1.807, 2.05) is 0 Å². The van der Waals surface area contributed by atoms with Crippen LogP contribution in [0.4, 0.5) is 5.69 Å². The van der Waals surface area contributed by atoms with Crippen molar-refractivity contribution in [2.24, 2.45) is 5.92 Å². The van der Waals surface area contributed by atoms with Crippen molar-refractivity contribution in [3.8, 4) is 0 Å². The molecular formula is C12H19N3O2. The third-order valence-corrected chi connectivity index (χ3v) is 3.26. The Morgan fingerprint density at radius 3 is 3.06 bits per heavy atom. The van der Waals surface area contributed by atoms with E-state index in [9.17, 15) is 9.90 Å². The molecule has 0 aliphatic heterocycles. The molecule has 2 unspecified atom stereocenters. The van der Waals surface area contributed by atoms with Crippen LogP contribution in [0.5, 0.6) is 0 Å². The van der Waals surface area contributed by atoms with Crippen molar-refractivity contribution in [1.29, 1.82) is 0 Å². The third-order valence-electron chi connectivity index (χ3n) is 3.26. The minimum atomic E-state index is -0.202. The predicted octanol–water partition coefficient (Wildman–Crippen LogP) is 0.878. The van der Waals surface area contributed by atoms with Crippen LogP contribution in [0.1, 0.15) is 36.2 Å². The minimum absolute atomic E-state index is 0.137. The van der Waals surface area contributed by atoms with Crippen molar-refractivity contribution in [3.63, 3.8) is 0 Å². The Labute approximate surface area is 100 Å². The molecule has 1 aromatic rings. The van der Waals surface area contributed by atoms with E-state index in [0.29, 0.717) is 23.8 Å². The fourth-order valence-corrected chi connectivity index (χ4v) is 2.32. The first-order chi connectivity index (χ1) is 8.15. The van der Waals surface area contributed by atoms with Crippen LogP contribution >= 0.6 is 0 Å². The van der Waals surface area contributed by atoms with Crippen LogP contribution in [0.3, 0.4) is 0 Å². The van der Waals surface area contributed by atoms with Crippen LogP contribution in [0.15, 0.2) is 12.3 Å². The van der Waals surface area contributed by atoms with Crippen molar-refractivity contribution in [1.82, 2.24) is 10.3 Å². The third kappa shape index (κ3) is 3.23. The number of aliphatic hydroxyl groups excluding tert-OH is 1. The molecule has 1 aromatic heterocycles. The Bertz CT molecular complexity index is 389. The SMILES string of the molecule is Nc1c[nH]c(C(=O)NCC2CCCC(O)C2)c1. The lowest BCUT2D eigenvalue weighted by molar-refractivity contribution is 0.0870. The molecule has 2 atom stereocenters. The summed E-state index contributed by atoms with van der Waals surface area (Å²) in [7, 11) is 0. The second-order valence-corrected chi connectivity index (χ2v) is 4.74. The molecule has 1 aliphatic rings. The van der Waals surface area contributed by atoms with E-state index in [1.54, 1.807) is 12.3 Å². The number of aliphatic hydroxyl groups is 1. The highest BCUT2D eigenvalue weighted by molar-refractivity contribution is 5.93. The van der Waals surface area contributed by atoms with Gasteiger partial charge in [0, 0.05) is 18.4 Å². The summed E-state index contributed by atoms with van der Waals surface area (Å²) in [6, 6.07) is 1.62. The molecule has 0 aromatic carbocycles. The first-order valence-corrected chi connectivity index (χ1v) is 6.05. The molecule has 0 spiro atoms. The number of carbonyl (C=O) groups excluding carboxylic acids is 1. The summed E-state index contributed by atoms with van der Waals surface area (Å²) in [5.74, 6) is 0.247. The van der Waals surface area contributed by atoms with Gasteiger partial charge in [-0.3, -0.25) is 4.79 Å². The average Bonchev–Trinajstić information content (AvgIpc) is 2.73. The predicted molar refractivity (Wildman–Crippen MR) is 65.5 cm³/mol. The van der Waals surface area contributed by atoms with Gasteiger partial charge in [0.25, 0.3) is 5.91 Å².